The molecule has 10 heteroatoms. The number of aromatic nitrogens is 4. The lowest BCUT2D eigenvalue weighted by atomic mass is 9.96. The molecule has 1 aliphatic rings. The normalized spacial score (nSPS) is 17.7. The standard InChI is InChI=1S/C15H22N6O2S.ClH/c1-24(22,23)13-10-18-15(17-6-4-11-7-19-20-8-11)21-14(13)12-3-2-5-16-9-12;/h7-8,10,12,16H,2-6,9H2,1H3,(H,19,20)(H,17,18,21);1H. The van der Waals surface area contributed by atoms with Crippen LogP contribution < -0.4 is 10.6 Å². The average Bonchev–Trinajstić information content (AvgIpc) is 3.08. The molecule has 0 amide bonds. The number of sulfone groups is 1. The molecule has 1 aliphatic heterocycles. The molecule has 8 nitrogen and oxygen atoms in total. The molecule has 1 unspecified atom stereocenters. The van der Waals surface area contributed by atoms with Gasteiger partial charge in [0.15, 0.2) is 9.84 Å². The molecule has 1 saturated heterocycles. The molecule has 0 aromatic carbocycles. The van der Waals surface area contributed by atoms with E-state index >= 15 is 0 Å². The van der Waals surface area contributed by atoms with Gasteiger partial charge in [-0.2, -0.15) is 5.10 Å². The van der Waals surface area contributed by atoms with E-state index in [9.17, 15) is 8.42 Å². The number of hydrogen-bond acceptors (Lipinski definition) is 7. The summed E-state index contributed by atoms with van der Waals surface area (Å²) in [6.45, 7) is 2.36. The van der Waals surface area contributed by atoms with Crippen molar-refractivity contribution in [3.05, 3.63) is 29.8 Å². The monoisotopic (exact) mass is 386 g/mol. The highest BCUT2D eigenvalue weighted by Gasteiger charge is 2.25. The second-order valence-corrected chi connectivity index (χ2v) is 8.03. The average molecular weight is 387 g/mol. The van der Waals surface area contributed by atoms with Gasteiger partial charge in [0, 0.05) is 31.5 Å². The molecule has 3 N–H and O–H groups in total. The maximum Gasteiger partial charge on any atom is 0.222 e. The molecule has 1 atom stereocenters. The number of rotatable bonds is 6. The Morgan fingerprint density at radius 3 is 2.84 bits per heavy atom. The van der Waals surface area contributed by atoms with Crippen LogP contribution in [0.5, 0.6) is 0 Å². The van der Waals surface area contributed by atoms with Crippen LogP contribution in [0.15, 0.2) is 23.5 Å². The number of anilines is 1. The van der Waals surface area contributed by atoms with E-state index in [0.29, 0.717) is 18.2 Å². The molecular weight excluding hydrogens is 364 g/mol. The molecule has 2 aromatic rings. The first kappa shape index (κ1) is 19.6. The summed E-state index contributed by atoms with van der Waals surface area (Å²) >= 11 is 0. The van der Waals surface area contributed by atoms with Gasteiger partial charge in [-0.25, -0.2) is 18.4 Å². The van der Waals surface area contributed by atoms with Gasteiger partial charge >= 0.3 is 0 Å². The van der Waals surface area contributed by atoms with Crippen LogP contribution in [0.1, 0.15) is 30.0 Å². The molecule has 3 rings (SSSR count). The minimum absolute atomic E-state index is 0. The zero-order chi connectivity index (χ0) is 17.0. The van der Waals surface area contributed by atoms with Crippen LogP contribution in [0, 0.1) is 0 Å². The van der Waals surface area contributed by atoms with E-state index in [1.807, 2.05) is 6.20 Å². The molecule has 25 heavy (non-hydrogen) atoms. The Morgan fingerprint density at radius 2 is 2.20 bits per heavy atom. The number of piperidine rings is 1. The van der Waals surface area contributed by atoms with Crippen molar-refractivity contribution in [1.29, 1.82) is 0 Å². The Bertz CT molecular complexity index is 775. The molecule has 0 radical (unpaired) electrons. The second kappa shape index (κ2) is 8.59. The first-order chi connectivity index (χ1) is 11.5. The third-order valence-electron chi connectivity index (χ3n) is 4.12. The Balaban J connectivity index is 0.00000225. The number of nitrogens with one attached hydrogen (secondary N) is 3. The fraction of sp³-hybridized carbons (Fsp3) is 0.533. The van der Waals surface area contributed by atoms with E-state index in [2.05, 4.69) is 30.8 Å². The highest BCUT2D eigenvalue weighted by atomic mass is 35.5. The van der Waals surface area contributed by atoms with Crippen LogP contribution in [-0.2, 0) is 16.3 Å². The summed E-state index contributed by atoms with van der Waals surface area (Å²) < 4.78 is 24.1. The van der Waals surface area contributed by atoms with Crippen LogP contribution in [0.25, 0.3) is 0 Å². The minimum atomic E-state index is -3.35. The number of H-pyrrole nitrogens is 1. The van der Waals surface area contributed by atoms with Gasteiger partial charge in [-0.05, 0) is 31.4 Å². The lowest BCUT2D eigenvalue weighted by Gasteiger charge is -2.24. The van der Waals surface area contributed by atoms with E-state index in [4.69, 9.17) is 0 Å². The summed E-state index contributed by atoms with van der Waals surface area (Å²) in [6.07, 6.45) is 8.98. The molecule has 0 bridgehead atoms. The molecule has 0 saturated carbocycles. The number of aromatic amines is 1. The number of halogens is 1. The zero-order valence-corrected chi connectivity index (χ0v) is 15.7. The lowest BCUT2D eigenvalue weighted by Crippen LogP contribution is -2.30. The molecule has 3 heterocycles. The van der Waals surface area contributed by atoms with Crippen molar-refractivity contribution in [2.24, 2.45) is 0 Å². The number of nitrogens with zero attached hydrogens (tertiary/aromatic N) is 3. The van der Waals surface area contributed by atoms with Crippen LogP contribution in [-0.4, -0.2) is 54.5 Å². The first-order valence-corrected chi connectivity index (χ1v) is 9.92. The maximum atomic E-state index is 12.0. The first-order valence-electron chi connectivity index (χ1n) is 8.03. The van der Waals surface area contributed by atoms with E-state index in [0.717, 1.165) is 37.9 Å². The fourth-order valence-electron chi connectivity index (χ4n) is 2.87. The zero-order valence-electron chi connectivity index (χ0n) is 14.0. The quantitative estimate of drug-likeness (QED) is 0.682. The number of hydrogen-bond donors (Lipinski definition) is 3. The maximum absolute atomic E-state index is 12.0. The summed E-state index contributed by atoms with van der Waals surface area (Å²) in [7, 11) is -3.35. The van der Waals surface area contributed by atoms with E-state index < -0.39 is 9.84 Å². The Hall–Kier alpha value is -1.71. The van der Waals surface area contributed by atoms with Crippen molar-refractivity contribution in [3.63, 3.8) is 0 Å². The van der Waals surface area contributed by atoms with Gasteiger partial charge < -0.3 is 10.6 Å². The molecule has 138 valence electrons. The van der Waals surface area contributed by atoms with Gasteiger partial charge in [0.2, 0.25) is 5.95 Å². The second-order valence-electron chi connectivity index (χ2n) is 6.04. The summed E-state index contributed by atoms with van der Waals surface area (Å²) in [5.74, 6) is 0.562. The van der Waals surface area contributed by atoms with Gasteiger partial charge in [0.05, 0.1) is 18.1 Å². The molecule has 1 fully saturated rings. The van der Waals surface area contributed by atoms with Crippen molar-refractivity contribution in [2.75, 3.05) is 31.2 Å². The third kappa shape index (κ3) is 5.13. The third-order valence-corrected chi connectivity index (χ3v) is 5.23. The largest absolute Gasteiger partial charge is 0.354 e. The highest BCUT2D eigenvalue weighted by Crippen LogP contribution is 2.27. The van der Waals surface area contributed by atoms with Gasteiger partial charge in [-0.1, -0.05) is 0 Å². The van der Waals surface area contributed by atoms with Gasteiger partial charge in [-0.15, -0.1) is 12.4 Å². The molecule has 0 spiro atoms. The summed E-state index contributed by atoms with van der Waals surface area (Å²) in [6, 6.07) is 0. The van der Waals surface area contributed by atoms with Gasteiger partial charge in [0.1, 0.15) is 4.90 Å². The van der Waals surface area contributed by atoms with E-state index in [1.165, 1.54) is 12.5 Å². The van der Waals surface area contributed by atoms with Crippen molar-refractivity contribution >= 4 is 28.2 Å². The molecule has 2 aromatic heterocycles. The highest BCUT2D eigenvalue weighted by molar-refractivity contribution is 7.90. The summed E-state index contributed by atoms with van der Waals surface area (Å²) in [5, 5.41) is 13.1. The topological polar surface area (TPSA) is 113 Å². The van der Waals surface area contributed by atoms with Crippen molar-refractivity contribution in [2.45, 2.75) is 30.1 Å². The smallest absolute Gasteiger partial charge is 0.222 e. The van der Waals surface area contributed by atoms with Gasteiger partial charge in [-0.3, -0.25) is 5.10 Å². The van der Waals surface area contributed by atoms with E-state index in [-0.39, 0.29) is 23.2 Å². The Labute approximate surface area is 153 Å². The SMILES string of the molecule is CS(=O)(=O)c1cnc(NCCc2cn[nH]c2)nc1C1CCCNC1.Cl. The van der Waals surface area contributed by atoms with Crippen molar-refractivity contribution < 1.29 is 8.42 Å². The predicted octanol–water partition coefficient (Wildman–Crippen LogP) is 1.15. The Kier molecular flexibility index (Phi) is 6.74. The minimum Gasteiger partial charge on any atom is -0.354 e. The predicted molar refractivity (Wildman–Crippen MR) is 98.0 cm³/mol. The van der Waals surface area contributed by atoms with Crippen LogP contribution in [0.3, 0.4) is 0 Å². The van der Waals surface area contributed by atoms with Crippen molar-refractivity contribution in [3.8, 4) is 0 Å². The fourth-order valence-corrected chi connectivity index (χ4v) is 3.70. The van der Waals surface area contributed by atoms with Crippen LogP contribution >= 0.6 is 12.4 Å². The summed E-state index contributed by atoms with van der Waals surface area (Å²) in [5.41, 5.74) is 1.71. The van der Waals surface area contributed by atoms with Gasteiger partial charge in [0.25, 0.3) is 0 Å². The van der Waals surface area contributed by atoms with E-state index in [1.54, 1.807) is 6.20 Å². The molecular formula is C15H23ClN6O2S. The molecule has 0 aliphatic carbocycles. The lowest BCUT2D eigenvalue weighted by molar-refractivity contribution is 0.448. The van der Waals surface area contributed by atoms with Crippen LogP contribution in [0.4, 0.5) is 5.95 Å². The Morgan fingerprint density at radius 1 is 1.36 bits per heavy atom. The van der Waals surface area contributed by atoms with Crippen LogP contribution in [0.2, 0.25) is 0 Å². The van der Waals surface area contributed by atoms with Crippen molar-refractivity contribution in [1.82, 2.24) is 25.5 Å². The summed E-state index contributed by atoms with van der Waals surface area (Å²) in [4.78, 5) is 8.92.